The summed E-state index contributed by atoms with van der Waals surface area (Å²) in [6.45, 7) is 1.96. The molecule has 1 amide bonds. The summed E-state index contributed by atoms with van der Waals surface area (Å²) in [5.74, 6) is 0.445. The molecule has 0 aliphatic carbocycles. The molecule has 0 bridgehead atoms. The second-order valence-corrected chi connectivity index (χ2v) is 10.2. The van der Waals surface area contributed by atoms with Gasteiger partial charge in [-0.15, -0.1) is 0 Å². The summed E-state index contributed by atoms with van der Waals surface area (Å²) in [7, 11) is -2.44. The summed E-state index contributed by atoms with van der Waals surface area (Å²) in [6, 6.07) is 17.6. The zero-order chi connectivity index (χ0) is 25.9. The predicted octanol–water partition coefficient (Wildman–Crippen LogP) is 4.48. The molecule has 10 heteroatoms. The minimum atomic E-state index is -3.95. The monoisotopic (exact) mass is 510 g/mol. The lowest BCUT2D eigenvalue weighted by Gasteiger charge is -2.25. The highest BCUT2D eigenvalue weighted by molar-refractivity contribution is 7.86. The zero-order valence-corrected chi connectivity index (χ0v) is 20.7. The van der Waals surface area contributed by atoms with Gasteiger partial charge in [0.2, 0.25) is 5.91 Å². The van der Waals surface area contributed by atoms with Gasteiger partial charge in [0.15, 0.2) is 0 Å². The number of nitrogens with zero attached hydrogens (tertiary/aromatic N) is 2. The predicted molar refractivity (Wildman–Crippen MR) is 133 cm³/mol. The van der Waals surface area contributed by atoms with E-state index in [-0.39, 0.29) is 29.6 Å². The number of rotatable bonds is 9. The molecule has 1 fully saturated rings. The van der Waals surface area contributed by atoms with Crippen molar-refractivity contribution < 1.29 is 27.1 Å². The molecular weight excluding hydrogens is 484 g/mol. The van der Waals surface area contributed by atoms with Crippen LogP contribution in [-0.2, 0) is 25.6 Å². The average molecular weight is 511 g/mol. The summed E-state index contributed by atoms with van der Waals surface area (Å²) in [4.78, 5) is 25.1. The van der Waals surface area contributed by atoms with Crippen molar-refractivity contribution >= 4 is 21.7 Å². The molecule has 0 radical (unpaired) electrons. The molecule has 0 unspecified atom stereocenters. The second-order valence-electron chi connectivity index (χ2n) is 8.61. The number of likely N-dealkylation sites (tertiary alicyclic amines) is 1. The van der Waals surface area contributed by atoms with E-state index in [0.29, 0.717) is 29.7 Å². The van der Waals surface area contributed by atoms with E-state index < -0.39 is 21.1 Å². The molecule has 0 saturated carbocycles. The van der Waals surface area contributed by atoms with Gasteiger partial charge in [-0.3, -0.25) is 19.1 Å². The molecule has 36 heavy (non-hydrogen) atoms. The quantitative estimate of drug-likeness (QED) is 0.237. The number of hydrogen-bond acceptors (Lipinski definition) is 7. The van der Waals surface area contributed by atoms with E-state index in [1.54, 1.807) is 35.2 Å². The SMILES string of the molecule is COc1ccc(CN2C(=O)CC[C@H]2COS(=O)(=O)c2ccc(C)cc2)cc1-c1cccc([N+](=O)[O-])c1. The van der Waals surface area contributed by atoms with E-state index in [1.807, 2.05) is 19.1 Å². The second kappa shape index (κ2) is 10.5. The normalized spacial score (nSPS) is 15.8. The Morgan fingerprint density at radius 1 is 1.08 bits per heavy atom. The fraction of sp³-hybridized carbons (Fsp3) is 0.269. The van der Waals surface area contributed by atoms with Crippen molar-refractivity contribution in [1.82, 2.24) is 4.90 Å². The standard InChI is InChI=1S/C26H26N2O7S/c1-18-6-10-23(11-7-18)36(32,33)35-17-22-9-13-26(29)27(22)16-19-8-12-25(34-2)24(14-19)20-4-3-5-21(15-20)28(30)31/h3-8,10-12,14-15,22H,9,13,16-17H2,1-2H3/t22-/m0/s1. The third-order valence-electron chi connectivity index (χ3n) is 6.16. The maximum absolute atomic E-state index is 12.6. The van der Waals surface area contributed by atoms with E-state index in [9.17, 15) is 23.3 Å². The van der Waals surface area contributed by atoms with Crippen molar-refractivity contribution in [2.75, 3.05) is 13.7 Å². The largest absolute Gasteiger partial charge is 0.496 e. The first-order chi connectivity index (χ1) is 17.2. The van der Waals surface area contributed by atoms with Gasteiger partial charge in [0.1, 0.15) is 5.75 Å². The van der Waals surface area contributed by atoms with E-state index in [1.165, 1.54) is 31.4 Å². The number of benzene rings is 3. The van der Waals surface area contributed by atoms with Crippen LogP contribution in [0.3, 0.4) is 0 Å². The highest BCUT2D eigenvalue weighted by Gasteiger charge is 2.33. The third-order valence-corrected chi connectivity index (χ3v) is 7.46. The molecule has 0 spiro atoms. The van der Waals surface area contributed by atoms with E-state index in [0.717, 1.165) is 11.1 Å². The highest BCUT2D eigenvalue weighted by atomic mass is 32.2. The highest BCUT2D eigenvalue weighted by Crippen LogP contribution is 2.34. The summed E-state index contributed by atoms with van der Waals surface area (Å²) in [5, 5.41) is 11.2. The summed E-state index contributed by atoms with van der Waals surface area (Å²) < 4.78 is 36.0. The van der Waals surface area contributed by atoms with Crippen LogP contribution in [-0.4, -0.2) is 43.9 Å². The van der Waals surface area contributed by atoms with Crippen molar-refractivity contribution in [2.24, 2.45) is 0 Å². The number of carbonyl (C=O) groups excluding carboxylic acids is 1. The number of nitro benzene ring substituents is 1. The van der Waals surface area contributed by atoms with E-state index in [4.69, 9.17) is 8.92 Å². The molecule has 4 rings (SSSR count). The molecule has 0 N–H and O–H groups in total. The van der Waals surface area contributed by atoms with Crippen LogP contribution in [0.1, 0.15) is 24.0 Å². The van der Waals surface area contributed by atoms with Crippen LogP contribution in [0.15, 0.2) is 71.6 Å². The van der Waals surface area contributed by atoms with Crippen LogP contribution < -0.4 is 4.74 Å². The number of hydrogen-bond donors (Lipinski definition) is 0. The zero-order valence-electron chi connectivity index (χ0n) is 19.9. The van der Waals surface area contributed by atoms with Gasteiger partial charge in [-0.2, -0.15) is 8.42 Å². The number of nitro groups is 1. The number of carbonyl (C=O) groups is 1. The Morgan fingerprint density at radius 2 is 1.83 bits per heavy atom. The number of non-ortho nitro benzene ring substituents is 1. The third kappa shape index (κ3) is 5.55. The number of aryl methyl sites for hydroxylation is 1. The van der Waals surface area contributed by atoms with Gasteiger partial charge >= 0.3 is 0 Å². The van der Waals surface area contributed by atoms with E-state index >= 15 is 0 Å². The molecule has 3 aromatic rings. The van der Waals surface area contributed by atoms with Gasteiger partial charge in [-0.1, -0.05) is 35.9 Å². The first-order valence-corrected chi connectivity index (χ1v) is 12.8. The van der Waals surface area contributed by atoms with E-state index in [2.05, 4.69) is 0 Å². The number of amides is 1. The van der Waals surface area contributed by atoms with Gasteiger partial charge in [-0.05, 0) is 48.7 Å². The molecule has 1 aliphatic rings. The molecule has 9 nitrogen and oxygen atoms in total. The smallest absolute Gasteiger partial charge is 0.297 e. The summed E-state index contributed by atoms with van der Waals surface area (Å²) in [6.07, 6.45) is 0.780. The maximum atomic E-state index is 12.6. The van der Waals surface area contributed by atoms with Crippen molar-refractivity contribution in [1.29, 1.82) is 0 Å². The number of ether oxygens (including phenoxy) is 1. The van der Waals surface area contributed by atoms with Crippen LogP contribution in [0, 0.1) is 17.0 Å². The fourth-order valence-electron chi connectivity index (χ4n) is 4.19. The van der Waals surface area contributed by atoms with Gasteiger partial charge < -0.3 is 9.64 Å². The molecule has 0 aromatic heterocycles. The van der Waals surface area contributed by atoms with Gasteiger partial charge in [0.05, 0.1) is 29.6 Å². The Labute approximate surface area is 209 Å². The summed E-state index contributed by atoms with van der Waals surface area (Å²) >= 11 is 0. The first kappa shape index (κ1) is 25.3. The molecule has 1 aliphatic heterocycles. The fourth-order valence-corrected chi connectivity index (χ4v) is 5.13. The van der Waals surface area contributed by atoms with Crippen LogP contribution in [0.25, 0.3) is 11.1 Å². The van der Waals surface area contributed by atoms with Crippen LogP contribution in [0.5, 0.6) is 5.75 Å². The van der Waals surface area contributed by atoms with Crippen LogP contribution in [0.4, 0.5) is 5.69 Å². The Hall–Kier alpha value is -3.76. The average Bonchev–Trinajstić information content (AvgIpc) is 3.22. The molecule has 1 saturated heterocycles. The lowest BCUT2D eigenvalue weighted by molar-refractivity contribution is -0.384. The van der Waals surface area contributed by atoms with Gasteiger partial charge in [-0.25, -0.2) is 0 Å². The minimum absolute atomic E-state index is 0.0401. The topological polar surface area (TPSA) is 116 Å². The molecule has 1 heterocycles. The van der Waals surface area contributed by atoms with Crippen molar-refractivity contribution in [3.63, 3.8) is 0 Å². The lowest BCUT2D eigenvalue weighted by atomic mass is 10.0. The number of methoxy groups -OCH3 is 1. The molecule has 188 valence electrons. The Balaban J connectivity index is 1.53. The Morgan fingerprint density at radius 3 is 2.53 bits per heavy atom. The minimum Gasteiger partial charge on any atom is -0.496 e. The van der Waals surface area contributed by atoms with Crippen molar-refractivity contribution in [3.8, 4) is 16.9 Å². The molecular formula is C26H26N2O7S. The van der Waals surface area contributed by atoms with Crippen LogP contribution >= 0.6 is 0 Å². The van der Waals surface area contributed by atoms with Crippen molar-refractivity contribution in [2.45, 2.75) is 37.2 Å². The molecule has 3 aromatic carbocycles. The maximum Gasteiger partial charge on any atom is 0.297 e. The molecule has 1 atom stereocenters. The first-order valence-electron chi connectivity index (χ1n) is 11.4. The van der Waals surface area contributed by atoms with Gasteiger partial charge in [0.25, 0.3) is 15.8 Å². The Bertz CT molecular complexity index is 1390. The van der Waals surface area contributed by atoms with Crippen LogP contribution in [0.2, 0.25) is 0 Å². The summed E-state index contributed by atoms with van der Waals surface area (Å²) in [5.41, 5.74) is 2.94. The Kier molecular flexibility index (Phi) is 7.37. The van der Waals surface area contributed by atoms with Gasteiger partial charge in [0, 0.05) is 30.7 Å². The van der Waals surface area contributed by atoms with Crippen molar-refractivity contribution in [3.05, 3.63) is 88.0 Å². The lowest BCUT2D eigenvalue weighted by Crippen LogP contribution is -2.36.